The van der Waals surface area contributed by atoms with Crippen molar-refractivity contribution < 1.29 is 13.2 Å². The van der Waals surface area contributed by atoms with E-state index in [1.807, 2.05) is 0 Å². The van der Waals surface area contributed by atoms with E-state index in [1.54, 1.807) is 24.3 Å². The molecule has 0 radical (unpaired) electrons. The van der Waals surface area contributed by atoms with Crippen LogP contribution >= 0.6 is 0 Å². The van der Waals surface area contributed by atoms with Gasteiger partial charge in [-0.25, -0.2) is 13.1 Å². The summed E-state index contributed by atoms with van der Waals surface area (Å²) in [6.45, 7) is 2.19. The van der Waals surface area contributed by atoms with Gasteiger partial charge in [0.1, 0.15) is 11.9 Å². The van der Waals surface area contributed by atoms with Crippen molar-refractivity contribution in [3.8, 4) is 5.75 Å². The van der Waals surface area contributed by atoms with Gasteiger partial charge >= 0.3 is 0 Å². The van der Waals surface area contributed by atoms with E-state index in [0.29, 0.717) is 5.92 Å². The third kappa shape index (κ3) is 2.84. The average molecular weight is 269 g/mol. The van der Waals surface area contributed by atoms with Gasteiger partial charge in [0.05, 0.1) is 4.90 Å². The van der Waals surface area contributed by atoms with E-state index in [2.05, 4.69) is 11.6 Å². The van der Waals surface area contributed by atoms with Gasteiger partial charge in [0.25, 0.3) is 0 Å². The molecule has 0 aliphatic heterocycles. The molecule has 4 nitrogen and oxygen atoms in total. The Bertz CT molecular complexity index is 495. The highest BCUT2D eigenvalue weighted by Gasteiger charge is 2.25. The van der Waals surface area contributed by atoms with Gasteiger partial charge < -0.3 is 4.74 Å². The maximum absolute atomic E-state index is 11.6. The molecule has 0 aromatic heterocycles. The highest BCUT2D eigenvalue weighted by molar-refractivity contribution is 7.89. The molecule has 1 aliphatic carbocycles. The highest BCUT2D eigenvalue weighted by atomic mass is 32.2. The molecule has 5 heteroatoms. The summed E-state index contributed by atoms with van der Waals surface area (Å²) in [6, 6.07) is 6.58. The van der Waals surface area contributed by atoms with Crippen molar-refractivity contribution in [3.05, 3.63) is 24.3 Å². The molecule has 0 spiro atoms. The van der Waals surface area contributed by atoms with Gasteiger partial charge in [-0.15, -0.1) is 0 Å². The van der Waals surface area contributed by atoms with E-state index in [1.165, 1.54) is 19.9 Å². The van der Waals surface area contributed by atoms with Gasteiger partial charge in [0.15, 0.2) is 0 Å². The SMILES string of the molecule is CNS(=O)(=O)c1ccc(O[C@H]2CCC[C@@H]2C)cc1. The van der Waals surface area contributed by atoms with E-state index in [4.69, 9.17) is 4.74 Å². The first kappa shape index (κ1) is 13.4. The Morgan fingerprint density at radius 3 is 2.39 bits per heavy atom. The molecule has 18 heavy (non-hydrogen) atoms. The van der Waals surface area contributed by atoms with Crippen LogP contribution in [0.2, 0.25) is 0 Å². The van der Waals surface area contributed by atoms with Gasteiger partial charge in [-0.1, -0.05) is 6.92 Å². The second kappa shape index (κ2) is 5.28. The van der Waals surface area contributed by atoms with Crippen LogP contribution in [0.25, 0.3) is 0 Å². The lowest BCUT2D eigenvalue weighted by Gasteiger charge is -2.18. The zero-order valence-corrected chi connectivity index (χ0v) is 11.5. The highest BCUT2D eigenvalue weighted by Crippen LogP contribution is 2.29. The fourth-order valence-corrected chi connectivity index (χ4v) is 3.01. The van der Waals surface area contributed by atoms with Crippen molar-refractivity contribution >= 4 is 10.0 Å². The van der Waals surface area contributed by atoms with Crippen LogP contribution in [0.15, 0.2) is 29.2 Å². The lowest BCUT2D eigenvalue weighted by molar-refractivity contribution is 0.167. The Morgan fingerprint density at radius 1 is 1.22 bits per heavy atom. The molecule has 0 unspecified atom stereocenters. The smallest absolute Gasteiger partial charge is 0.240 e. The van der Waals surface area contributed by atoms with Crippen molar-refractivity contribution in [3.63, 3.8) is 0 Å². The summed E-state index contributed by atoms with van der Waals surface area (Å²) in [7, 11) is -1.96. The monoisotopic (exact) mass is 269 g/mol. The molecule has 1 aliphatic rings. The largest absolute Gasteiger partial charge is 0.490 e. The quantitative estimate of drug-likeness (QED) is 0.911. The van der Waals surface area contributed by atoms with Crippen molar-refractivity contribution in [2.45, 2.75) is 37.2 Å². The molecule has 1 saturated carbocycles. The summed E-state index contributed by atoms with van der Waals surface area (Å²) >= 11 is 0. The summed E-state index contributed by atoms with van der Waals surface area (Å²) < 4.78 is 31.3. The summed E-state index contributed by atoms with van der Waals surface area (Å²) in [4.78, 5) is 0.261. The molecular weight excluding hydrogens is 250 g/mol. The first-order chi connectivity index (χ1) is 8.53. The minimum absolute atomic E-state index is 0.261. The van der Waals surface area contributed by atoms with E-state index in [9.17, 15) is 8.42 Å². The number of rotatable bonds is 4. The number of nitrogens with one attached hydrogen (secondary N) is 1. The van der Waals surface area contributed by atoms with E-state index >= 15 is 0 Å². The lowest BCUT2D eigenvalue weighted by Crippen LogP contribution is -2.20. The zero-order chi connectivity index (χ0) is 13.2. The Labute approximate surface area is 108 Å². The van der Waals surface area contributed by atoms with Crippen LogP contribution in [0.1, 0.15) is 26.2 Å². The number of hydrogen-bond acceptors (Lipinski definition) is 3. The summed E-state index contributed by atoms with van der Waals surface area (Å²) in [5.41, 5.74) is 0. The van der Waals surface area contributed by atoms with Crippen molar-refractivity contribution in [2.75, 3.05) is 7.05 Å². The number of hydrogen-bond donors (Lipinski definition) is 1. The van der Waals surface area contributed by atoms with Crippen LogP contribution in [0.5, 0.6) is 5.75 Å². The molecule has 1 fully saturated rings. The standard InChI is InChI=1S/C13H19NO3S/c1-10-4-3-5-13(10)17-11-6-8-12(9-7-11)18(15,16)14-2/h6-10,13-14H,3-5H2,1-2H3/t10-,13-/m0/s1. The predicted octanol–water partition coefficient (Wildman–Crippen LogP) is 2.16. The Kier molecular flexibility index (Phi) is 3.92. The Morgan fingerprint density at radius 2 is 1.89 bits per heavy atom. The van der Waals surface area contributed by atoms with E-state index in [0.717, 1.165) is 12.2 Å². The van der Waals surface area contributed by atoms with Gasteiger partial charge in [0.2, 0.25) is 10.0 Å². The van der Waals surface area contributed by atoms with Gasteiger partial charge in [0, 0.05) is 0 Å². The minimum Gasteiger partial charge on any atom is -0.490 e. The van der Waals surface area contributed by atoms with Crippen LogP contribution < -0.4 is 9.46 Å². The zero-order valence-electron chi connectivity index (χ0n) is 10.7. The minimum atomic E-state index is -3.36. The van der Waals surface area contributed by atoms with Gasteiger partial charge in [-0.2, -0.15) is 0 Å². The second-order valence-corrected chi connectivity index (χ2v) is 6.63. The van der Waals surface area contributed by atoms with Crippen molar-refractivity contribution in [2.24, 2.45) is 5.92 Å². The topological polar surface area (TPSA) is 55.4 Å². The Hall–Kier alpha value is -1.07. The van der Waals surface area contributed by atoms with Crippen LogP contribution in [0, 0.1) is 5.92 Å². The molecule has 100 valence electrons. The fraction of sp³-hybridized carbons (Fsp3) is 0.538. The van der Waals surface area contributed by atoms with E-state index in [-0.39, 0.29) is 11.0 Å². The predicted molar refractivity (Wildman–Crippen MR) is 70.1 cm³/mol. The number of sulfonamides is 1. The number of ether oxygens (including phenoxy) is 1. The third-order valence-electron chi connectivity index (χ3n) is 3.47. The summed E-state index contributed by atoms with van der Waals surface area (Å²) in [5, 5.41) is 0. The molecule has 2 rings (SSSR count). The maximum atomic E-state index is 11.6. The average Bonchev–Trinajstić information content (AvgIpc) is 2.76. The molecule has 0 bridgehead atoms. The third-order valence-corrected chi connectivity index (χ3v) is 4.90. The van der Waals surface area contributed by atoms with Gasteiger partial charge in [-0.05, 0) is 56.5 Å². The fourth-order valence-electron chi connectivity index (χ4n) is 2.28. The molecule has 2 atom stereocenters. The maximum Gasteiger partial charge on any atom is 0.240 e. The molecule has 1 aromatic rings. The molecule has 0 heterocycles. The summed E-state index contributed by atoms with van der Waals surface area (Å²) in [5.74, 6) is 1.31. The second-order valence-electron chi connectivity index (χ2n) is 4.74. The summed E-state index contributed by atoms with van der Waals surface area (Å²) in [6.07, 6.45) is 3.75. The molecule has 0 saturated heterocycles. The molecule has 1 aromatic carbocycles. The van der Waals surface area contributed by atoms with Crippen LogP contribution in [0.4, 0.5) is 0 Å². The first-order valence-electron chi connectivity index (χ1n) is 6.23. The van der Waals surface area contributed by atoms with Gasteiger partial charge in [-0.3, -0.25) is 0 Å². The molecule has 1 N–H and O–H groups in total. The lowest BCUT2D eigenvalue weighted by atomic mass is 10.1. The number of benzene rings is 1. The van der Waals surface area contributed by atoms with E-state index < -0.39 is 10.0 Å². The van der Waals surface area contributed by atoms with Crippen LogP contribution in [-0.2, 0) is 10.0 Å². The first-order valence-corrected chi connectivity index (χ1v) is 7.71. The molecular formula is C13H19NO3S. The van der Waals surface area contributed by atoms with Crippen LogP contribution in [-0.4, -0.2) is 21.6 Å². The normalized spacial score (nSPS) is 24.1. The van der Waals surface area contributed by atoms with Crippen molar-refractivity contribution in [1.82, 2.24) is 4.72 Å². The Balaban J connectivity index is 2.08. The molecule has 0 amide bonds. The van der Waals surface area contributed by atoms with Crippen LogP contribution in [0.3, 0.4) is 0 Å². The van der Waals surface area contributed by atoms with Crippen molar-refractivity contribution in [1.29, 1.82) is 0 Å².